The van der Waals surface area contributed by atoms with Crippen molar-refractivity contribution in [1.29, 1.82) is 0 Å². The lowest BCUT2D eigenvalue weighted by Gasteiger charge is -2.27. The molecule has 0 aliphatic rings. The Morgan fingerprint density at radius 3 is 2.41 bits per heavy atom. The number of rotatable bonds is 3. The predicted octanol–water partition coefficient (Wildman–Crippen LogP) is 1.58. The van der Waals surface area contributed by atoms with Gasteiger partial charge in [-0.15, -0.1) is 0 Å². The lowest BCUT2D eigenvalue weighted by atomic mass is 9.80. The Labute approximate surface area is 102 Å². The molecule has 1 amide bonds. The van der Waals surface area contributed by atoms with Crippen LogP contribution in [-0.2, 0) is 10.2 Å². The minimum atomic E-state index is -0.724. The van der Waals surface area contributed by atoms with Crippen molar-refractivity contribution in [1.82, 2.24) is 5.43 Å². The second-order valence-electron chi connectivity index (χ2n) is 4.76. The molecule has 0 spiro atoms. The number of nitrogens with one attached hydrogen (secondary N) is 1. The van der Waals surface area contributed by atoms with Gasteiger partial charge in [0.2, 0.25) is 5.91 Å². The van der Waals surface area contributed by atoms with Crippen LogP contribution in [-0.4, -0.2) is 13.0 Å². The van der Waals surface area contributed by atoms with Crippen molar-refractivity contribution >= 4 is 5.91 Å². The van der Waals surface area contributed by atoms with Crippen molar-refractivity contribution in [2.45, 2.75) is 33.1 Å². The highest BCUT2D eigenvalue weighted by atomic mass is 16.5. The number of hydrazine groups is 1. The molecule has 0 saturated heterocycles. The fourth-order valence-electron chi connectivity index (χ4n) is 2.18. The van der Waals surface area contributed by atoms with E-state index in [-0.39, 0.29) is 5.91 Å². The highest BCUT2D eigenvalue weighted by Gasteiger charge is 2.33. The number of amides is 1. The number of hydrogen-bond acceptors (Lipinski definition) is 3. The van der Waals surface area contributed by atoms with Gasteiger partial charge in [-0.1, -0.05) is 6.07 Å². The van der Waals surface area contributed by atoms with E-state index in [0.29, 0.717) is 0 Å². The van der Waals surface area contributed by atoms with Gasteiger partial charge in [0, 0.05) is 5.56 Å². The van der Waals surface area contributed by atoms with Crippen LogP contribution in [0.3, 0.4) is 0 Å². The van der Waals surface area contributed by atoms with E-state index in [1.54, 1.807) is 7.11 Å². The molecule has 0 atom stereocenters. The molecule has 1 aromatic rings. The molecule has 1 rings (SSSR count). The van der Waals surface area contributed by atoms with Crippen LogP contribution in [0.2, 0.25) is 0 Å². The second kappa shape index (κ2) is 4.75. The maximum atomic E-state index is 11.8. The molecule has 17 heavy (non-hydrogen) atoms. The van der Waals surface area contributed by atoms with Gasteiger partial charge in [0.25, 0.3) is 0 Å². The summed E-state index contributed by atoms with van der Waals surface area (Å²) < 4.78 is 5.37. The van der Waals surface area contributed by atoms with E-state index >= 15 is 0 Å². The number of benzene rings is 1. The maximum Gasteiger partial charge on any atom is 0.244 e. The molecular formula is C13H20N2O2. The summed E-state index contributed by atoms with van der Waals surface area (Å²) in [7, 11) is 1.61. The average Bonchev–Trinajstić information content (AvgIpc) is 2.25. The Kier molecular flexibility index (Phi) is 3.78. The third kappa shape index (κ3) is 2.42. The maximum absolute atomic E-state index is 11.8. The van der Waals surface area contributed by atoms with Gasteiger partial charge in [-0.2, -0.15) is 0 Å². The Bertz CT molecular complexity index is 439. The minimum Gasteiger partial charge on any atom is -0.496 e. The Balaban J connectivity index is 3.44. The normalized spacial score (nSPS) is 11.2. The summed E-state index contributed by atoms with van der Waals surface area (Å²) in [6.07, 6.45) is 0. The highest BCUT2D eigenvalue weighted by Crippen LogP contribution is 2.35. The molecule has 0 aliphatic carbocycles. The monoisotopic (exact) mass is 236 g/mol. The summed E-state index contributed by atoms with van der Waals surface area (Å²) in [5.41, 5.74) is 4.47. The summed E-state index contributed by atoms with van der Waals surface area (Å²) in [6.45, 7) is 7.62. The molecule has 0 radical (unpaired) electrons. The number of carbonyl (C=O) groups is 1. The van der Waals surface area contributed by atoms with Crippen LogP contribution >= 0.6 is 0 Å². The van der Waals surface area contributed by atoms with Crippen molar-refractivity contribution in [2.24, 2.45) is 5.84 Å². The summed E-state index contributed by atoms with van der Waals surface area (Å²) in [5.74, 6) is 5.71. The van der Waals surface area contributed by atoms with Gasteiger partial charge in [-0.05, 0) is 44.9 Å². The number of carbonyl (C=O) groups excluding carboxylic acids is 1. The molecule has 0 fully saturated rings. The van der Waals surface area contributed by atoms with E-state index in [1.807, 2.05) is 39.8 Å². The first kappa shape index (κ1) is 13.5. The molecule has 0 unspecified atom stereocenters. The van der Waals surface area contributed by atoms with E-state index in [0.717, 1.165) is 22.4 Å². The van der Waals surface area contributed by atoms with Crippen molar-refractivity contribution < 1.29 is 9.53 Å². The molecule has 94 valence electrons. The fraction of sp³-hybridized carbons (Fsp3) is 0.462. The summed E-state index contributed by atoms with van der Waals surface area (Å²) in [6, 6.07) is 3.96. The van der Waals surface area contributed by atoms with Gasteiger partial charge in [0.05, 0.1) is 12.5 Å². The Morgan fingerprint density at radius 2 is 1.94 bits per heavy atom. The van der Waals surface area contributed by atoms with Gasteiger partial charge < -0.3 is 4.74 Å². The van der Waals surface area contributed by atoms with Crippen molar-refractivity contribution in [3.05, 3.63) is 28.8 Å². The highest BCUT2D eigenvalue weighted by molar-refractivity contribution is 5.88. The first-order valence-electron chi connectivity index (χ1n) is 5.51. The van der Waals surface area contributed by atoms with Gasteiger partial charge in [-0.3, -0.25) is 10.2 Å². The molecule has 0 saturated carbocycles. The zero-order valence-electron chi connectivity index (χ0n) is 11.0. The Morgan fingerprint density at radius 1 is 1.35 bits per heavy atom. The number of hydrogen-bond donors (Lipinski definition) is 2. The zero-order chi connectivity index (χ0) is 13.2. The third-order valence-electron chi connectivity index (χ3n) is 2.99. The van der Waals surface area contributed by atoms with Gasteiger partial charge in [0.15, 0.2) is 0 Å². The minimum absolute atomic E-state index is 0.234. The van der Waals surface area contributed by atoms with Crippen LogP contribution in [0.25, 0.3) is 0 Å². The zero-order valence-corrected chi connectivity index (χ0v) is 11.0. The van der Waals surface area contributed by atoms with Crippen LogP contribution in [0.1, 0.15) is 30.5 Å². The van der Waals surface area contributed by atoms with Crippen LogP contribution < -0.4 is 16.0 Å². The summed E-state index contributed by atoms with van der Waals surface area (Å²) in [5, 5.41) is 0. The summed E-state index contributed by atoms with van der Waals surface area (Å²) >= 11 is 0. The Hall–Kier alpha value is -1.55. The average molecular weight is 236 g/mol. The topological polar surface area (TPSA) is 64.3 Å². The smallest absolute Gasteiger partial charge is 0.244 e. The lowest BCUT2D eigenvalue weighted by molar-refractivity contribution is -0.125. The molecule has 1 aromatic carbocycles. The van der Waals surface area contributed by atoms with E-state index < -0.39 is 5.41 Å². The van der Waals surface area contributed by atoms with Gasteiger partial charge >= 0.3 is 0 Å². The van der Waals surface area contributed by atoms with Crippen LogP contribution in [0.4, 0.5) is 0 Å². The van der Waals surface area contributed by atoms with Crippen molar-refractivity contribution in [3.8, 4) is 5.75 Å². The molecule has 0 heterocycles. The standard InChI is InChI=1S/C13H20N2O2/c1-8-6-9(2)11(10(7-8)17-5)13(3,4)12(16)15-14/h6-7H,14H2,1-5H3,(H,15,16). The lowest BCUT2D eigenvalue weighted by Crippen LogP contribution is -2.44. The third-order valence-corrected chi connectivity index (χ3v) is 2.99. The van der Waals surface area contributed by atoms with E-state index in [9.17, 15) is 4.79 Å². The van der Waals surface area contributed by atoms with Crippen LogP contribution in [0, 0.1) is 13.8 Å². The van der Waals surface area contributed by atoms with Gasteiger partial charge in [0.1, 0.15) is 5.75 Å². The number of ether oxygens (including phenoxy) is 1. The van der Waals surface area contributed by atoms with Crippen molar-refractivity contribution in [2.75, 3.05) is 7.11 Å². The first-order valence-corrected chi connectivity index (χ1v) is 5.51. The van der Waals surface area contributed by atoms with Gasteiger partial charge in [-0.25, -0.2) is 5.84 Å². The van der Waals surface area contributed by atoms with E-state index in [1.165, 1.54) is 0 Å². The predicted molar refractivity (Wildman–Crippen MR) is 67.8 cm³/mol. The number of aryl methyl sites for hydroxylation is 2. The molecule has 3 N–H and O–H groups in total. The SMILES string of the molecule is COc1cc(C)cc(C)c1C(C)(C)C(=O)NN. The van der Waals surface area contributed by atoms with Crippen LogP contribution in [0.15, 0.2) is 12.1 Å². The fourth-order valence-corrected chi connectivity index (χ4v) is 2.18. The second-order valence-corrected chi connectivity index (χ2v) is 4.76. The van der Waals surface area contributed by atoms with E-state index in [2.05, 4.69) is 5.43 Å². The van der Waals surface area contributed by atoms with Crippen LogP contribution in [0.5, 0.6) is 5.75 Å². The largest absolute Gasteiger partial charge is 0.496 e. The molecule has 4 heteroatoms. The molecule has 0 bridgehead atoms. The molecule has 0 aliphatic heterocycles. The molecule has 4 nitrogen and oxygen atoms in total. The quantitative estimate of drug-likeness (QED) is 0.476. The summed E-state index contributed by atoms with van der Waals surface area (Å²) in [4.78, 5) is 11.8. The number of methoxy groups -OCH3 is 1. The molecule has 0 aromatic heterocycles. The number of nitrogens with two attached hydrogens (primary N) is 1. The first-order chi connectivity index (χ1) is 7.84. The molecular weight excluding hydrogens is 216 g/mol. The van der Waals surface area contributed by atoms with Crippen molar-refractivity contribution in [3.63, 3.8) is 0 Å². The van der Waals surface area contributed by atoms with E-state index in [4.69, 9.17) is 10.6 Å².